The van der Waals surface area contributed by atoms with Crippen molar-refractivity contribution < 1.29 is 31.1 Å². The summed E-state index contributed by atoms with van der Waals surface area (Å²) in [5.74, 6) is 4.44. The summed E-state index contributed by atoms with van der Waals surface area (Å²) in [5.41, 5.74) is -1.29. The van der Waals surface area contributed by atoms with E-state index in [1.165, 1.54) is 13.1 Å². The minimum absolute atomic E-state index is 0.0105. The first-order chi connectivity index (χ1) is 13.5. The second kappa shape index (κ2) is 7.50. The fourth-order valence-electron chi connectivity index (χ4n) is 2.48. The smallest absolute Gasteiger partial charge is 0.406 e. The van der Waals surface area contributed by atoms with Gasteiger partial charge >= 0.3 is 12.5 Å². The molecule has 29 heavy (non-hydrogen) atoms. The molecule has 2 aromatic heterocycles. The number of aryl methyl sites for hydroxylation is 1. The number of nitrogens with zero attached hydrogens (tertiary/aromatic N) is 3. The maximum absolute atomic E-state index is 13.7. The maximum Gasteiger partial charge on any atom is 0.573 e. The van der Waals surface area contributed by atoms with Crippen molar-refractivity contribution in [2.24, 2.45) is 0 Å². The first kappa shape index (κ1) is 20.3. The zero-order valence-corrected chi connectivity index (χ0v) is 14.6. The average molecular weight is 411 g/mol. The summed E-state index contributed by atoms with van der Waals surface area (Å²) < 4.78 is 82.2. The Morgan fingerprint density at radius 2 is 1.62 bits per heavy atom. The van der Waals surface area contributed by atoms with Crippen LogP contribution in [0.5, 0.6) is 5.75 Å². The van der Waals surface area contributed by atoms with E-state index in [9.17, 15) is 26.3 Å². The fraction of sp³-hybridized carbons (Fsp3) is 0.158. The monoisotopic (exact) mass is 411 g/mol. The molecule has 3 rings (SSSR count). The number of ether oxygens (including phenoxy) is 1. The molecule has 0 saturated heterocycles. The van der Waals surface area contributed by atoms with Crippen molar-refractivity contribution in [2.75, 3.05) is 0 Å². The normalized spacial score (nSPS) is 11.7. The third-order valence-electron chi connectivity index (χ3n) is 3.62. The maximum atomic E-state index is 13.7. The van der Waals surface area contributed by atoms with Crippen LogP contribution in [0.25, 0.3) is 5.69 Å². The van der Waals surface area contributed by atoms with Crippen LogP contribution in [0.4, 0.5) is 26.3 Å². The predicted molar refractivity (Wildman–Crippen MR) is 90.2 cm³/mol. The molecule has 0 N–H and O–H groups in total. The van der Waals surface area contributed by atoms with Crippen LogP contribution in [-0.4, -0.2) is 21.1 Å². The Kier molecular flexibility index (Phi) is 5.24. The van der Waals surface area contributed by atoms with Crippen LogP contribution < -0.4 is 4.74 Å². The van der Waals surface area contributed by atoms with Gasteiger partial charge in [0.1, 0.15) is 11.4 Å². The highest BCUT2D eigenvalue weighted by molar-refractivity contribution is 5.50. The molecule has 0 unspecified atom stereocenters. The zero-order valence-electron chi connectivity index (χ0n) is 14.6. The molecule has 150 valence electrons. The number of halogens is 6. The number of benzene rings is 1. The van der Waals surface area contributed by atoms with Gasteiger partial charge in [-0.1, -0.05) is 12.0 Å². The SMILES string of the molecule is Cc1nn(-c2ccc(OC(F)(F)F)cc2)c(C(F)(F)F)c1C#Cc1ccccn1. The molecular weight excluding hydrogens is 400 g/mol. The van der Waals surface area contributed by atoms with Gasteiger partial charge in [0, 0.05) is 6.20 Å². The lowest BCUT2D eigenvalue weighted by atomic mass is 10.1. The summed E-state index contributed by atoms with van der Waals surface area (Å²) in [6, 6.07) is 8.71. The molecule has 0 spiro atoms. The molecule has 0 bridgehead atoms. The quantitative estimate of drug-likeness (QED) is 0.445. The van der Waals surface area contributed by atoms with Crippen molar-refractivity contribution in [1.29, 1.82) is 0 Å². The van der Waals surface area contributed by atoms with Gasteiger partial charge in [-0.25, -0.2) is 9.67 Å². The second-order valence-electron chi connectivity index (χ2n) is 5.73. The third kappa shape index (κ3) is 4.87. The molecule has 0 atom stereocenters. The van der Waals surface area contributed by atoms with Crippen molar-refractivity contribution >= 4 is 0 Å². The summed E-state index contributed by atoms with van der Waals surface area (Å²) in [5, 5.41) is 3.87. The van der Waals surface area contributed by atoms with Crippen LogP contribution in [0.2, 0.25) is 0 Å². The van der Waals surface area contributed by atoms with Gasteiger partial charge in [-0.3, -0.25) is 0 Å². The highest BCUT2D eigenvalue weighted by atomic mass is 19.4. The first-order valence-corrected chi connectivity index (χ1v) is 8.00. The number of hydrogen-bond acceptors (Lipinski definition) is 3. The molecule has 10 heteroatoms. The van der Waals surface area contributed by atoms with E-state index in [4.69, 9.17) is 0 Å². The van der Waals surface area contributed by atoms with Crippen LogP contribution in [-0.2, 0) is 6.18 Å². The number of hydrogen-bond donors (Lipinski definition) is 0. The molecule has 3 aromatic rings. The second-order valence-corrected chi connectivity index (χ2v) is 5.73. The molecule has 0 aliphatic carbocycles. The van der Waals surface area contributed by atoms with E-state index in [-0.39, 0.29) is 22.6 Å². The van der Waals surface area contributed by atoms with Crippen LogP contribution in [0, 0.1) is 18.8 Å². The van der Waals surface area contributed by atoms with E-state index in [0.717, 1.165) is 24.3 Å². The Bertz CT molecular complexity index is 1060. The minimum atomic E-state index is -4.91. The molecule has 0 saturated carbocycles. The van der Waals surface area contributed by atoms with Gasteiger partial charge < -0.3 is 4.74 Å². The summed E-state index contributed by atoms with van der Waals surface area (Å²) in [4.78, 5) is 3.93. The van der Waals surface area contributed by atoms with Gasteiger partial charge in [-0.05, 0) is 49.2 Å². The summed E-state index contributed by atoms with van der Waals surface area (Å²) in [6.07, 6.45) is -8.26. The molecule has 0 aliphatic rings. The van der Waals surface area contributed by atoms with Gasteiger partial charge in [0.15, 0.2) is 5.69 Å². The average Bonchev–Trinajstić information content (AvgIpc) is 2.97. The topological polar surface area (TPSA) is 39.9 Å². The third-order valence-corrected chi connectivity index (χ3v) is 3.62. The van der Waals surface area contributed by atoms with Crippen molar-refractivity contribution in [3.8, 4) is 23.3 Å². The van der Waals surface area contributed by atoms with E-state index in [0.29, 0.717) is 4.68 Å². The standard InChI is InChI=1S/C19H11F6N3O/c1-12-16(10-5-13-4-2-3-11-26-13)17(18(20,21)22)28(27-12)14-6-8-15(9-7-14)29-19(23,24)25/h2-4,6-9,11H,1H3. The van der Waals surface area contributed by atoms with Crippen molar-refractivity contribution in [3.63, 3.8) is 0 Å². The molecule has 1 aromatic carbocycles. The number of aromatic nitrogens is 3. The van der Waals surface area contributed by atoms with E-state index >= 15 is 0 Å². The largest absolute Gasteiger partial charge is 0.573 e. The Morgan fingerprint density at radius 3 is 2.17 bits per heavy atom. The van der Waals surface area contributed by atoms with Crippen LogP contribution in [0.1, 0.15) is 22.6 Å². The Morgan fingerprint density at radius 1 is 0.931 bits per heavy atom. The van der Waals surface area contributed by atoms with Crippen molar-refractivity contribution in [2.45, 2.75) is 19.5 Å². The zero-order chi connectivity index (χ0) is 21.2. The first-order valence-electron chi connectivity index (χ1n) is 8.00. The highest BCUT2D eigenvalue weighted by Crippen LogP contribution is 2.35. The van der Waals surface area contributed by atoms with Gasteiger partial charge in [0.05, 0.1) is 16.9 Å². The van der Waals surface area contributed by atoms with E-state index in [1.54, 1.807) is 18.2 Å². The van der Waals surface area contributed by atoms with Gasteiger partial charge in [0.2, 0.25) is 0 Å². The lowest BCUT2D eigenvalue weighted by Crippen LogP contribution is -2.17. The predicted octanol–water partition coefficient (Wildman–Crippen LogP) is 4.89. The van der Waals surface area contributed by atoms with E-state index in [1.807, 2.05) is 0 Å². The number of alkyl halides is 6. The van der Waals surface area contributed by atoms with Crippen molar-refractivity contribution in [1.82, 2.24) is 14.8 Å². The summed E-state index contributed by atoms with van der Waals surface area (Å²) in [7, 11) is 0. The lowest BCUT2D eigenvalue weighted by molar-refractivity contribution is -0.274. The molecule has 0 amide bonds. The molecular formula is C19H11F6N3O. The van der Waals surface area contributed by atoms with Gasteiger partial charge in [-0.15, -0.1) is 13.2 Å². The highest BCUT2D eigenvalue weighted by Gasteiger charge is 2.39. The van der Waals surface area contributed by atoms with Crippen LogP contribution >= 0.6 is 0 Å². The number of pyridine rings is 1. The summed E-state index contributed by atoms with van der Waals surface area (Å²) >= 11 is 0. The molecule has 4 nitrogen and oxygen atoms in total. The Hall–Kier alpha value is -3.48. The summed E-state index contributed by atoms with van der Waals surface area (Å²) in [6.45, 7) is 1.36. The Labute approximate surface area is 160 Å². The minimum Gasteiger partial charge on any atom is -0.406 e. The van der Waals surface area contributed by atoms with E-state index < -0.39 is 24.0 Å². The van der Waals surface area contributed by atoms with Gasteiger partial charge in [0.25, 0.3) is 0 Å². The van der Waals surface area contributed by atoms with Crippen molar-refractivity contribution in [3.05, 3.63) is 71.3 Å². The van der Waals surface area contributed by atoms with Crippen LogP contribution in [0.15, 0.2) is 48.7 Å². The lowest BCUT2D eigenvalue weighted by Gasteiger charge is -2.12. The van der Waals surface area contributed by atoms with Crippen LogP contribution in [0.3, 0.4) is 0 Å². The molecule has 2 heterocycles. The number of rotatable bonds is 2. The van der Waals surface area contributed by atoms with Gasteiger partial charge in [-0.2, -0.15) is 18.3 Å². The molecule has 0 aliphatic heterocycles. The molecule has 0 fully saturated rings. The molecule has 0 radical (unpaired) electrons. The fourth-order valence-corrected chi connectivity index (χ4v) is 2.48. The Balaban J connectivity index is 2.06. The van der Waals surface area contributed by atoms with E-state index in [2.05, 4.69) is 26.7 Å².